The van der Waals surface area contributed by atoms with Crippen molar-refractivity contribution in [1.82, 2.24) is 4.98 Å². The second-order valence-electron chi connectivity index (χ2n) is 5.10. The van der Waals surface area contributed by atoms with Crippen molar-refractivity contribution in [2.45, 2.75) is 44.6 Å². The molecule has 1 heterocycles. The standard InChI is InChI=1S/C13H17Cl2N3O/c1-8-7-9(14)17-11(15)10(8)18-12(19)13(16)5-3-2-4-6-13/h7H,2-6,16H2,1H3,(H,18,19). The molecule has 104 valence electrons. The minimum Gasteiger partial charge on any atom is -0.322 e. The predicted molar refractivity (Wildman–Crippen MR) is 77.6 cm³/mol. The molecule has 19 heavy (non-hydrogen) atoms. The zero-order valence-electron chi connectivity index (χ0n) is 10.8. The Labute approximate surface area is 122 Å². The number of nitrogens with two attached hydrogens (primary N) is 1. The summed E-state index contributed by atoms with van der Waals surface area (Å²) in [5.41, 5.74) is 6.65. The van der Waals surface area contributed by atoms with Crippen molar-refractivity contribution in [2.75, 3.05) is 5.32 Å². The van der Waals surface area contributed by atoms with E-state index in [0.29, 0.717) is 23.7 Å². The lowest BCUT2D eigenvalue weighted by atomic mass is 9.82. The van der Waals surface area contributed by atoms with Crippen molar-refractivity contribution in [3.05, 3.63) is 21.9 Å². The first-order valence-corrected chi connectivity index (χ1v) is 7.11. The number of pyridine rings is 1. The van der Waals surface area contributed by atoms with Crippen molar-refractivity contribution >= 4 is 34.8 Å². The summed E-state index contributed by atoms with van der Waals surface area (Å²) in [6.07, 6.45) is 4.51. The highest BCUT2D eigenvalue weighted by Crippen LogP contribution is 2.30. The number of anilines is 1. The molecule has 4 nitrogen and oxygen atoms in total. The lowest BCUT2D eigenvalue weighted by molar-refractivity contribution is -0.122. The van der Waals surface area contributed by atoms with Gasteiger partial charge in [0.2, 0.25) is 5.91 Å². The van der Waals surface area contributed by atoms with Crippen LogP contribution < -0.4 is 11.1 Å². The van der Waals surface area contributed by atoms with Crippen LogP contribution in [0.5, 0.6) is 0 Å². The SMILES string of the molecule is Cc1cc(Cl)nc(Cl)c1NC(=O)C1(N)CCCCC1. The van der Waals surface area contributed by atoms with Gasteiger partial charge in [-0.2, -0.15) is 0 Å². The number of hydrogen-bond donors (Lipinski definition) is 2. The molecule has 0 spiro atoms. The van der Waals surface area contributed by atoms with Gasteiger partial charge in [0.05, 0.1) is 11.2 Å². The van der Waals surface area contributed by atoms with Crippen LogP contribution in [0.3, 0.4) is 0 Å². The molecule has 0 radical (unpaired) electrons. The van der Waals surface area contributed by atoms with E-state index in [9.17, 15) is 4.79 Å². The topological polar surface area (TPSA) is 68.0 Å². The van der Waals surface area contributed by atoms with Crippen LogP contribution in [-0.2, 0) is 4.79 Å². The molecule has 1 aromatic heterocycles. The number of aryl methyl sites for hydroxylation is 1. The van der Waals surface area contributed by atoms with Gasteiger partial charge in [-0.15, -0.1) is 0 Å². The second-order valence-corrected chi connectivity index (χ2v) is 5.84. The summed E-state index contributed by atoms with van der Waals surface area (Å²) in [5.74, 6) is -0.193. The minimum atomic E-state index is -0.798. The molecule has 0 aromatic carbocycles. The van der Waals surface area contributed by atoms with Gasteiger partial charge < -0.3 is 11.1 Å². The largest absolute Gasteiger partial charge is 0.322 e. The van der Waals surface area contributed by atoms with E-state index in [0.717, 1.165) is 24.8 Å². The normalized spacial score (nSPS) is 18.1. The molecule has 0 aliphatic heterocycles. The predicted octanol–water partition coefficient (Wildman–Crippen LogP) is 3.30. The molecule has 3 N–H and O–H groups in total. The number of carbonyl (C=O) groups excluding carboxylic acids is 1. The first kappa shape index (κ1) is 14.6. The smallest absolute Gasteiger partial charge is 0.244 e. The monoisotopic (exact) mass is 301 g/mol. The highest BCUT2D eigenvalue weighted by molar-refractivity contribution is 6.34. The van der Waals surface area contributed by atoms with E-state index in [1.807, 2.05) is 6.92 Å². The number of halogens is 2. The molecule has 1 saturated carbocycles. The summed E-state index contributed by atoms with van der Waals surface area (Å²) in [5, 5.41) is 3.30. The Morgan fingerprint density at radius 3 is 2.58 bits per heavy atom. The van der Waals surface area contributed by atoms with Crippen LogP contribution in [0.2, 0.25) is 10.3 Å². The third-order valence-corrected chi connectivity index (χ3v) is 4.04. The van der Waals surface area contributed by atoms with Crippen molar-refractivity contribution in [3.8, 4) is 0 Å². The Morgan fingerprint density at radius 2 is 2.00 bits per heavy atom. The molecule has 0 saturated heterocycles. The maximum absolute atomic E-state index is 12.3. The average molecular weight is 302 g/mol. The lowest BCUT2D eigenvalue weighted by Crippen LogP contribution is -2.52. The van der Waals surface area contributed by atoms with Crippen molar-refractivity contribution in [1.29, 1.82) is 0 Å². The van der Waals surface area contributed by atoms with E-state index in [4.69, 9.17) is 28.9 Å². The quantitative estimate of drug-likeness (QED) is 0.824. The molecular weight excluding hydrogens is 285 g/mol. The third-order valence-electron chi connectivity index (χ3n) is 3.58. The highest BCUT2D eigenvalue weighted by Gasteiger charge is 2.35. The molecule has 0 unspecified atom stereocenters. The van der Waals surface area contributed by atoms with Gasteiger partial charge in [0.15, 0.2) is 5.15 Å². The molecule has 1 amide bonds. The first-order valence-electron chi connectivity index (χ1n) is 6.35. The maximum Gasteiger partial charge on any atom is 0.244 e. The molecule has 0 atom stereocenters. The Hall–Kier alpha value is -0.840. The minimum absolute atomic E-state index is 0.192. The Kier molecular flexibility index (Phi) is 4.33. The molecule has 6 heteroatoms. The molecular formula is C13H17Cl2N3O. The number of nitrogens with one attached hydrogen (secondary N) is 1. The van der Waals surface area contributed by atoms with Crippen LogP contribution in [0.25, 0.3) is 0 Å². The summed E-state index contributed by atoms with van der Waals surface area (Å²) in [6, 6.07) is 1.66. The first-order chi connectivity index (χ1) is 8.92. The van der Waals surface area contributed by atoms with Crippen LogP contribution >= 0.6 is 23.2 Å². The van der Waals surface area contributed by atoms with Crippen molar-refractivity contribution in [2.24, 2.45) is 5.73 Å². The van der Waals surface area contributed by atoms with Gasteiger partial charge in [0.1, 0.15) is 5.15 Å². The van der Waals surface area contributed by atoms with Crippen molar-refractivity contribution < 1.29 is 4.79 Å². The van der Waals surface area contributed by atoms with Gasteiger partial charge in [-0.05, 0) is 31.4 Å². The molecule has 0 bridgehead atoms. The average Bonchev–Trinajstić information content (AvgIpc) is 2.34. The van der Waals surface area contributed by atoms with Gasteiger partial charge in [0, 0.05) is 0 Å². The van der Waals surface area contributed by atoms with Gasteiger partial charge in [-0.1, -0.05) is 42.5 Å². The zero-order chi connectivity index (χ0) is 14.0. The Bertz CT molecular complexity index is 476. The number of hydrogen-bond acceptors (Lipinski definition) is 3. The maximum atomic E-state index is 12.3. The van der Waals surface area contributed by atoms with E-state index in [1.165, 1.54) is 0 Å². The highest BCUT2D eigenvalue weighted by atomic mass is 35.5. The Balaban J connectivity index is 2.19. The molecule has 1 fully saturated rings. The lowest BCUT2D eigenvalue weighted by Gasteiger charge is -2.32. The summed E-state index contributed by atoms with van der Waals surface area (Å²) in [4.78, 5) is 16.3. The molecule has 1 aromatic rings. The van der Waals surface area contributed by atoms with E-state index in [-0.39, 0.29) is 11.1 Å². The Morgan fingerprint density at radius 1 is 1.37 bits per heavy atom. The molecule has 1 aliphatic rings. The van der Waals surface area contributed by atoms with Crippen LogP contribution in [-0.4, -0.2) is 16.4 Å². The fraction of sp³-hybridized carbons (Fsp3) is 0.538. The van der Waals surface area contributed by atoms with Crippen molar-refractivity contribution in [3.63, 3.8) is 0 Å². The fourth-order valence-corrected chi connectivity index (χ4v) is 2.97. The van der Waals surface area contributed by atoms with E-state index in [1.54, 1.807) is 6.07 Å². The van der Waals surface area contributed by atoms with Crippen LogP contribution in [0.4, 0.5) is 5.69 Å². The summed E-state index contributed by atoms with van der Waals surface area (Å²) in [7, 11) is 0. The zero-order valence-corrected chi connectivity index (χ0v) is 12.3. The summed E-state index contributed by atoms with van der Waals surface area (Å²) >= 11 is 11.8. The van der Waals surface area contributed by atoms with Gasteiger partial charge in [-0.3, -0.25) is 4.79 Å². The van der Waals surface area contributed by atoms with E-state index < -0.39 is 5.54 Å². The van der Waals surface area contributed by atoms with Gasteiger partial charge in [-0.25, -0.2) is 4.98 Å². The summed E-state index contributed by atoms with van der Waals surface area (Å²) < 4.78 is 0. The van der Waals surface area contributed by atoms with E-state index >= 15 is 0 Å². The third kappa shape index (κ3) is 3.19. The van der Waals surface area contributed by atoms with E-state index in [2.05, 4.69) is 10.3 Å². The molecule has 2 rings (SSSR count). The number of aromatic nitrogens is 1. The van der Waals surface area contributed by atoms with Crippen LogP contribution in [0.1, 0.15) is 37.7 Å². The van der Waals surface area contributed by atoms with Gasteiger partial charge >= 0.3 is 0 Å². The number of amides is 1. The number of nitrogens with zero attached hydrogens (tertiary/aromatic N) is 1. The molecule has 1 aliphatic carbocycles. The summed E-state index contributed by atoms with van der Waals surface area (Å²) in [6.45, 7) is 1.82. The van der Waals surface area contributed by atoms with Gasteiger partial charge in [0.25, 0.3) is 0 Å². The van der Waals surface area contributed by atoms with Crippen LogP contribution in [0.15, 0.2) is 6.07 Å². The fourth-order valence-electron chi connectivity index (χ4n) is 2.39. The number of carbonyl (C=O) groups is 1. The number of rotatable bonds is 2. The van der Waals surface area contributed by atoms with Crippen LogP contribution in [0, 0.1) is 6.92 Å². The second kappa shape index (κ2) is 5.65.